The number of rotatable bonds is 8. The van der Waals surface area contributed by atoms with Crippen molar-refractivity contribution in [2.24, 2.45) is 5.92 Å². The Balaban J connectivity index is 1.78. The number of carbonyl (C=O) groups excluding carboxylic acids is 3. The van der Waals surface area contributed by atoms with Gasteiger partial charge >= 0.3 is 5.97 Å². The summed E-state index contributed by atoms with van der Waals surface area (Å²) < 4.78 is 0. The van der Waals surface area contributed by atoms with Crippen LogP contribution in [0.5, 0.6) is 0 Å². The number of nitrogens with one attached hydrogen (secondary N) is 2. The SMILES string of the molecule is O=C(O)CSCCNC(=O)c1ccc(CC2CC(=O)NC2=O)cc1. The van der Waals surface area contributed by atoms with Crippen LogP contribution < -0.4 is 10.6 Å². The third-order valence-corrected chi connectivity index (χ3v) is 4.46. The molecular formula is C16H18N2O5S. The van der Waals surface area contributed by atoms with Crippen molar-refractivity contribution in [1.29, 1.82) is 0 Å². The first-order valence-corrected chi connectivity index (χ1v) is 8.61. The Labute approximate surface area is 143 Å². The second-order valence-electron chi connectivity index (χ2n) is 5.42. The molecular weight excluding hydrogens is 332 g/mol. The van der Waals surface area contributed by atoms with Gasteiger partial charge in [0.15, 0.2) is 0 Å². The fraction of sp³-hybridized carbons (Fsp3) is 0.375. The molecule has 1 heterocycles. The second-order valence-corrected chi connectivity index (χ2v) is 6.52. The molecule has 3 N–H and O–H groups in total. The molecule has 1 atom stereocenters. The van der Waals surface area contributed by atoms with Crippen molar-refractivity contribution in [2.45, 2.75) is 12.8 Å². The molecule has 0 aromatic heterocycles. The van der Waals surface area contributed by atoms with E-state index in [1.807, 2.05) is 0 Å². The summed E-state index contributed by atoms with van der Waals surface area (Å²) in [6.45, 7) is 0.392. The monoisotopic (exact) mass is 350 g/mol. The highest BCUT2D eigenvalue weighted by atomic mass is 32.2. The van der Waals surface area contributed by atoms with Gasteiger partial charge in [-0.25, -0.2) is 0 Å². The first-order valence-electron chi connectivity index (χ1n) is 7.46. The summed E-state index contributed by atoms with van der Waals surface area (Å²) in [6.07, 6.45) is 0.667. The molecule has 1 aromatic carbocycles. The number of carbonyl (C=O) groups is 4. The topological polar surface area (TPSA) is 113 Å². The Morgan fingerprint density at radius 1 is 1.25 bits per heavy atom. The van der Waals surface area contributed by atoms with Crippen molar-refractivity contribution in [3.05, 3.63) is 35.4 Å². The Hall–Kier alpha value is -2.35. The van der Waals surface area contributed by atoms with Crippen LogP contribution in [0.25, 0.3) is 0 Å². The molecule has 0 radical (unpaired) electrons. The van der Waals surface area contributed by atoms with E-state index in [0.29, 0.717) is 24.3 Å². The lowest BCUT2D eigenvalue weighted by atomic mass is 9.97. The Morgan fingerprint density at radius 3 is 2.54 bits per heavy atom. The van der Waals surface area contributed by atoms with Gasteiger partial charge in [-0.1, -0.05) is 12.1 Å². The van der Waals surface area contributed by atoms with Gasteiger partial charge in [-0.2, -0.15) is 0 Å². The Morgan fingerprint density at radius 2 is 1.96 bits per heavy atom. The predicted octanol–water partition coefficient (Wildman–Crippen LogP) is 0.439. The van der Waals surface area contributed by atoms with Crippen LogP contribution in [-0.4, -0.2) is 46.8 Å². The first kappa shape index (κ1) is 18.0. The zero-order chi connectivity index (χ0) is 17.5. The summed E-state index contributed by atoms with van der Waals surface area (Å²) in [5.74, 6) is -1.40. The maximum atomic E-state index is 11.9. The smallest absolute Gasteiger partial charge is 0.313 e. The number of aliphatic carboxylic acids is 1. The molecule has 1 unspecified atom stereocenters. The van der Waals surface area contributed by atoms with E-state index in [1.165, 1.54) is 11.8 Å². The minimum absolute atomic E-state index is 0.0157. The zero-order valence-electron chi connectivity index (χ0n) is 12.9. The normalized spacial score (nSPS) is 16.8. The lowest BCUT2D eigenvalue weighted by Crippen LogP contribution is -2.26. The molecule has 0 aliphatic carbocycles. The highest BCUT2D eigenvalue weighted by Crippen LogP contribution is 2.17. The van der Waals surface area contributed by atoms with Gasteiger partial charge in [0.05, 0.1) is 11.7 Å². The molecule has 7 nitrogen and oxygen atoms in total. The molecule has 0 bridgehead atoms. The second kappa shape index (κ2) is 8.49. The number of carboxylic acids is 1. The molecule has 1 aliphatic rings. The predicted molar refractivity (Wildman–Crippen MR) is 88.7 cm³/mol. The maximum absolute atomic E-state index is 11.9. The van der Waals surface area contributed by atoms with Gasteiger partial charge in [0.2, 0.25) is 11.8 Å². The standard InChI is InChI=1S/C16H18N2O5S/c19-13-8-12(16(23)18-13)7-10-1-3-11(4-2-10)15(22)17-5-6-24-9-14(20)21/h1-4,12H,5-9H2,(H,17,22)(H,20,21)(H,18,19,23). The summed E-state index contributed by atoms with van der Waals surface area (Å²) in [5, 5.41) is 13.5. The molecule has 0 saturated carbocycles. The fourth-order valence-electron chi connectivity index (χ4n) is 2.35. The maximum Gasteiger partial charge on any atom is 0.313 e. The largest absolute Gasteiger partial charge is 0.481 e. The molecule has 1 aliphatic heterocycles. The van der Waals surface area contributed by atoms with Gasteiger partial charge in [-0.15, -0.1) is 11.8 Å². The van der Waals surface area contributed by atoms with Crippen molar-refractivity contribution in [1.82, 2.24) is 10.6 Å². The first-order chi connectivity index (χ1) is 11.5. The van der Waals surface area contributed by atoms with Crippen LogP contribution in [0.3, 0.4) is 0 Å². The molecule has 1 saturated heterocycles. The number of imide groups is 1. The van der Waals surface area contributed by atoms with E-state index in [4.69, 9.17) is 5.11 Å². The van der Waals surface area contributed by atoms with E-state index < -0.39 is 5.97 Å². The number of benzene rings is 1. The Kier molecular flexibility index (Phi) is 6.36. The van der Waals surface area contributed by atoms with Crippen molar-refractivity contribution in [3.8, 4) is 0 Å². The minimum atomic E-state index is -0.875. The van der Waals surface area contributed by atoms with Crippen molar-refractivity contribution < 1.29 is 24.3 Å². The summed E-state index contributed by atoms with van der Waals surface area (Å²) in [6, 6.07) is 6.88. The number of hydrogen-bond acceptors (Lipinski definition) is 5. The molecule has 0 spiro atoms. The van der Waals surface area contributed by atoms with E-state index in [2.05, 4.69) is 10.6 Å². The van der Waals surface area contributed by atoms with E-state index in [0.717, 1.165) is 5.56 Å². The Bertz CT molecular complexity index is 644. The number of carboxylic acid groups (broad SMARTS) is 1. The third kappa shape index (κ3) is 5.38. The van der Waals surface area contributed by atoms with Crippen LogP contribution in [-0.2, 0) is 20.8 Å². The molecule has 1 fully saturated rings. The molecule has 2 rings (SSSR count). The summed E-state index contributed by atoms with van der Waals surface area (Å²) in [5.41, 5.74) is 1.38. The van der Waals surface area contributed by atoms with Crippen LogP contribution in [0.2, 0.25) is 0 Å². The molecule has 3 amide bonds. The highest BCUT2D eigenvalue weighted by Gasteiger charge is 2.30. The van der Waals surface area contributed by atoms with Crippen molar-refractivity contribution >= 4 is 35.5 Å². The number of amides is 3. The van der Waals surface area contributed by atoms with Crippen LogP contribution in [0, 0.1) is 5.92 Å². The average Bonchev–Trinajstić information content (AvgIpc) is 2.84. The summed E-state index contributed by atoms with van der Waals surface area (Å²) in [7, 11) is 0. The minimum Gasteiger partial charge on any atom is -0.481 e. The van der Waals surface area contributed by atoms with E-state index in [9.17, 15) is 19.2 Å². The average molecular weight is 350 g/mol. The van der Waals surface area contributed by atoms with Crippen LogP contribution in [0.4, 0.5) is 0 Å². The number of thioether (sulfide) groups is 1. The van der Waals surface area contributed by atoms with Crippen LogP contribution in [0.1, 0.15) is 22.3 Å². The lowest BCUT2D eigenvalue weighted by molar-refractivity contribution is -0.134. The van der Waals surface area contributed by atoms with Gasteiger partial charge in [0.1, 0.15) is 0 Å². The highest BCUT2D eigenvalue weighted by molar-refractivity contribution is 7.99. The molecule has 1 aromatic rings. The molecule has 128 valence electrons. The van der Waals surface area contributed by atoms with Crippen LogP contribution >= 0.6 is 11.8 Å². The van der Waals surface area contributed by atoms with Gasteiger partial charge in [0, 0.05) is 24.3 Å². The van der Waals surface area contributed by atoms with Crippen LogP contribution in [0.15, 0.2) is 24.3 Å². The number of hydrogen-bond donors (Lipinski definition) is 3. The summed E-state index contributed by atoms with van der Waals surface area (Å²) >= 11 is 1.24. The van der Waals surface area contributed by atoms with E-state index >= 15 is 0 Å². The van der Waals surface area contributed by atoms with E-state index in [1.54, 1.807) is 24.3 Å². The zero-order valence-corrected chi connectivity index (χ0v) is 13.7. The van der Waals surface area contributed by atoms with Gasteiger partial charge < -0.3 is 10.4 Å². The van der Waals surface area contributed by atoms with Gasteiger partial charge in [-0.3, -0.25) is 24.5 Å². The molecule has 24 heavy (non-hydrogen) atoms. The quantitative estimate of drug-likeness (QED) is 0.463. The third-order valence-electron chi connectivity index (χ3n) is 3.52. The van der Waals surface area contributed by atoms with Gasteiger partial charge in [-0.05, 0) is 24.1 Å². The van der Waals surface area contributed by atoms with Crippen molar-refractivity contribution in [2.75, 3.05) is 18.1 Å². The van der Waals surface area contributed by atoms with Gasteiger partial charge in [0.25, 0.3) is 5.91 Å². The van der Waals surface area contributed by atoms with E-state index in [-0.39, 0.29) is 35.8 Å². The fourth-order valence-corrected chi connectivity index (χ4v) is 2.91. The van der Waals surface area contributed by atoms with Crippen molar-refractivity contribution in [3.63, 3.8) is 0 Å². The lowest BCUT2D eigenvalue weighted by Gasteiger charge is -2.08. The summed E-state index contributed by atoms with van der Waals surface area (Å²) in [4.78, 5) is 45.0. The molecule has 8 heteroatoms.